The first-order valence-corrected chi connectivity index (χ1v) is 8.39. The van der Waals surface area contributed by atoms with Crippen LogP contribution in [0.2, 0.25) is 5.02 Å². The lowest BCUT2D eigenvalue weighted by atomic mass is 10.1. The van der Waals surface area contributed by atoms with Crippen LogP contribution in [0.3, 0.4) is 0 Å². The van der Waals surface area contributed by atoms with Crippen LogP contribution in [0.25, 0.3) is 0 Å². The summed E-state index contributed by atoms with van der Waals surface area (Å²) in [6, 6.07) is 6.77. The largest absolute Gasteiger partial charge is 0.396 e. The second kappa shape index (κ2) is 6.22. The smallest absolute Gasteiger partial charge is 0.216 e. The van der Waals surface area contributed by atoms with Crippen molar-refractivity contribution in [1.82, 2.24) is 4.72 Å². The van der Waals surface area contributed by atoms with E-state index in [0.29, 0.717) is 22.9 Å². The Morgan fingerprint density at radius 3 is 2.63 bits per heavy atom. The van der Waals surface area contributed by atoms with Gasteiger partial charge in [-0.25, -0.2) is 13.1 Å². The van der Waals surface area contributed by atoms with Crippen molar-refractivity contribution < 1.29 is 13.5 Å². The molecule has 1 aromatic carbocycles. The second-order valence-corrected chi connectivity index (χ2v) is 7.09. The van der Waals surface area contributed by atoms with Crippen LogP contribution in [0.5, 0.6) is 0 Å². The maximum atomic E-state index is 12.1. The van der Waals surface area contributed by atoms with Gasteiger partial charge in [-0.3, -0.25) is 0 Å². The van der Waals surface area contributed by atoms with Gasteiger partial charge in [0.2, 0.25) is 10.0 Å². The van der Waals surface area contributed by atoms with E-state index in [4.69, 9.17) is 16.7 Å². The topological polar surface area (TPSA) is 66.4 Å². The molecule has 19 heavy (non-hydrogen) atoms. The highest BCUT2D eigenvalue weighted by molar-refractivity contribution is 7.88. The van der Waals surface area contributed by atoms with Gasteiger partial charge in [0.25, 0.3) is 0 Å². The summed E-state index contributed by atoms with van der Waals surface area (Å²) >= 11 is 5.97. The van der Waals surface area contributed by atoms with E-state index in [0.717, 1.165) is 12.8 Å². The fraction of sp³-hybridized carbons (Fsp3) is 0.538. The van der Waals surface area contributed by atoms with Gasteiger partial charge in [-0.2, -0.15) is 0 Å². The summed E-state index contributed by atoms with van der Waals surface area (Å²) in [5.74, 6) is 0.245. The lowest BCUT2D eigenvalue weighted by Crippen LogP contribution is -2.37. The van der Waals surface area contributed by atoms with E-state index in [1.165, 1.54) is 0 Å². The summed E-state index contributed by atoms with van der Waals surface area (Å²) in [4.78, 5) is 0. The van der Waals surface area contributed by atoms with E-state index in [-0.39, 0.29) is 18.4 Å². The molecule has 1 aromatic rings. The van der Waals surface area contributed by atoms with Crippen molar-refractivity contribution in [3.63, 3.8) is 0 Å². The molecule has 1 aliphatic carbocycles. The molecule has 1 aliphatic rings. The predicted molar refractivity (Wildman–Crippen MR) is 75.4 cm³/mol. The summed E-state index contributed by atoms with van der Waals surface area (Å²) in [5, 5.41) is 9.44. The van der Waals surface area contributed by atoms with Crippen molar-refractivity contribution >= 4 is 21.6 Å². The Labute approximate surface area is 118 Å². The minimum atomic E-state index is -3.43. The summed E-state index contributed by atoms with van der Waals surface area (Å²) < 4.78 is 26.9. The lowest BCUT2D eigenvalue weighted by molar-refractivity contribution is 0.265. The number of sulfonamides is 1. The third kappa shape index (κ3) is 4.45. The highest BCUT2D eigenvalue weighted by atomic mass is 35.5. The molecule has 0 amide bonds. The van der Waals surface area contributed by atoms with Crippen LogP contribution in [0.1, 0.15) is 24.8 Å². The minimum absolute atomic E-state index is 0.00419. The molecular formula is C13H18ClNO3S. The zero-order valence-corrected chi connectivity index (χ0v) is 12.1. The highest BCUT2D eigenvalue weighted by Gasteiger charge is 2.33. The first-order valence-electron chi connectivity index (χ1n) is 6.36. The van der Waals surface area contributed by atoms with E-state index in [1.54, 1.807) is 24.3 Å². The number of aliphatic hydroxyl groups is 1. The molecule has 1 unspecified atom stereocenters. The third-order valence-electron chi connectivity index (χ3n) is 3.27. The van der Waals surface area contributed by atoms with Crippen LogP contribution in [-0.2, 0) is 15.8 Å². The molecule has 1 saturated carbocycles. The maximum absolute atomic E-state index is 12.1. The van der Waals surface area contributed by atoms with Gasteiger partial charge in [0.15, 0.2) is 0 Å². The van der Waals surface area contributed by atoms with Crippen LogP contribution < -0.4 is 4.72 Å². The zero-order valence-electron chi connectivity index (χ0n) is 10.5. The Morgan fingerprint density at radius 2 is 2.05 bits per heavy atom. The van der Waals surface area contributed by atoms with Crippen LogP contribution in [0.4, 0.5) is 0 Å². The fourth-order valence-corrected chi connectivity index (χ4v) is 3.92. The van der Waals surface area contributed by atoms with Gasteiger partial charge < -0.3 is 5.11 Å². The van der Waals surface area contributed by atoms with E-state index in [9.17, 15) is 8.42 Å². The Hall–Kier alpha value is -0.620. The molecule has 6 heteroatoms. The standard InChI is InChI=1S/C13H18ClNO3S/c14-12-4-2-1-3-11(12)9-19(17,18)15-13(7-8-16)10-5-6-10/h1-4,10,13,15-16H,5-9H2. The molecule has 0 aliphatic heterocycles. The van der Waals surface area contributed by atoms with Gasteiger partial charge >= 0.3 is 0 Å². The number of nitrogens with one attached hydrogen (secondary N) is 1. The predicted octanol–water partition coefficient (Wildman–Crippen LogP) is 1.92. The van der Waals surface area contributed by atoms with Crippen molar-refractivity contribution in [2.24, 2.45) is 5.92 Å². The van der Waals surface area contributed by atoms with Crippen molar-refractivity contribution in [1.29, 1.82) is 0 Å². The molecule has 0 radical (unpaired) electrons. The first-order chi connectivity index (χ1) is 9.02. The van der Waals surface area contributed by atoms with Crippen LogP contribution >= 0.6 is 11.6 Å². The average Bonchev–Trinajstić information content (AvgIpc) is 3.15. The summed E-state index contributed by atoms with van der Waals surface area (Å²) in [7, 11) is -3.43. The van der Waals surface area contributed by atoms with Crippen LogP contribution in [-0.4, -0.2) is 26.2 Å². The average molecular weight is 304 g/mol. The maximum Gasteiger partial charge on any atom is 0.216 e. The summed E-state index contributed by atoms with van der Waals surface area (Å²) in [5.41, 5.74) is 0.593. The van der Waals surface area contributed by atoms with Crippen molar-refractivity contribution in [3.8, 4) is 0 Å². The van der Waals surface area contributed by atoms with E-state index in [2.05, 4.69) is 4.72 Å². The number of halogens is 1. The number of rotatable bonds is 7. The van der Waals surface area contributed by atoms with Crippen LogP contribution in [0.15, 0.2) is 24.3 Å². The second-order valence-electron chi connectivity index (χ2n) is 4.92. The Kier molecular flexibility index (Phi) is 4.84. The minimum Gasteiger partial charge on any atom is -0.396 e. The van der Waals surface area contributed by atoms with E-state index < -0.39 is 10.0 Å². The van der Waals surface area contributed by atoms with Gasteiger partial charge in [0.1, 0.15) is 0 Å². The lowest BCUT2D eigenvalue weighted by Gasteiger charge is -2.17. The molecule has 1 atom stereocenters. The van der Waals surface area contributed by atoms with Gasteiger partial charge in [-0.05, 0) is 36.8 Å². The number of hydrogen-bond donors (Lipinski definition) is 2. The fourth-order valence-electron chi connectivity index (χ4n) is 2.12. The van der Waals surface area contributed by atoms with E-state index >= 15 is 0 Å². The SMILES string of the molecule is O=S(=O)(Cc1ccccc1Cl)NC(CCO)C1CC1. The van der Waals surface area contributed by atoms with Gasteiger partial charge in [-0.15, -0.1) is 0 Å². The summed E-state index contributed by atoms with van der Waals surface area (Å²) in [6.07, 6.45) is 2.52. The van der Waals surface area contributed by atoms with Gasteiger partial charge in [0.05, 0.1) is 5.75 Å². The molecule has 0 saturated heterocycles. The Morgan fingerprint density at radius 1 is 1.37 bits per heavy atom. The Balaban J connectivity index is 2.03. The molecule has 2 N–H and O–H groups in total. The summed E-state index contributed by atoms with van der Waals surface area (Å²) in [6.45, 7) is -0.00419. The third-order valence-corrected chi connectivity index (χ3v) is 4.99. The monoisotopic (exact) mass is 303 g/mol. The van der Waals surface area contributed by atoms with Gasteiger partial charge in [0, 0.05) is 17.7 Å². The zero-order chi connectivity index (χ0) is 13.9. The van der Waals surface area contributed by atoms with Crippen molar-refractivity contribution in [3.05, 3.63) is 34.9 Å². The molecule has 4 nitrogen and oxygen atoms in total. The van der Waals surface area contributed by atoms with E-state index in [1.807, 2.05) is 0 Å². The molecule has 0 heterocycles. The molecule has 106 valence electrons. The molecule has 2 rings (SSSR count). The molecule has 0 bridgehead atoms. The number of aliphatic hydroxyl groups excluding tert-OH is 1. The normalized spacial score (nSPS) is 17.4. The van der Waals surface area contributed by atoms with Crippen molar-refractivity contribution in [2.75, 3.05) is 6.61 Å². The molecule has 1 fully saturated rings. The number of hydrogen-bond acceptors (Lipinski definition) is 3. The number of benzene rings is 1. The van der Waals surface area contributed by atoms with Gasteiger partial charge in [-0.1, -0.05) is 29.8 Å². The first kappa shape index (κ1) is 14.8. The molecule has 0 aromatic heterocycles. The highest BCUT2D eigenvalue weighted by Crippen LogP contribution is 2.34. The quantitative estimate of drug-likeness (QED) is 0.809. The van der Waals surface area contributed by atoms with Crippen molar-refractivity contribution in [2.45, 2.75) is 31.1 Å². The Bertz CT molecular complexity index is 528. The van der Waals surface area contributed by atoms with Crippen LogP contribution in [0, 0.1) is 5.92 Å². The molecular weight excluding hydrogens is 286 g/mol. The molecule has 0 spiro atoms.